The summed E-state index contributed by atoms with van der Waals surface area (Å²) >= 11 is 8.38. The van der Waals surface area contributed by atoms with E-state index in [4.69, 9.17) is 22.7 Å². The van der Waals surface area contributed by atoms with Crippen LogP contribution in [0, 0.1) is 0 Å². The topological polar surface area (TPSA) is 38.5 Å². The van der Waals surface area contributed by atoms with Crippen molar-refractivity contribution in [3.05, 3.63) is 28.7 Å². The lowest BCUT2D eigenvalue weighted by molar-refractivity contribution is 0.205. The summed E-state index contributed by atoms with van der Waals surface area (Å²) in [4.78, 5) is 3.02. The third-order valence-corrected chi connectivity index (χ3v) is 3.85. The Morgan fingerprint density at radius 1 is 1.42 bits per heavy atom. The minimum absolute atomic E-state index is 0.596. The Morgan fingerprint density at radius 2 is 2.21 bits per heavy atom. The number of hydrogen-bond donors (Lipinski definition) is 1. The van der Waals surface area contributed by atoms with Crippen molar-refractivity contribution in [2.24, 2.45) is 5.73 Å². The van der Waals surface area contributed by atoms with E-state index in [2.05, 4.69) is 20.8 Å². The first kappa shape index (κ1) is 14.8. The van der Waals surface area contributed by atoms with E-state index in [0.717, 1.165) is 29.7 Å². The van der Waals surface area contributed by atoms with Crippen molar-refractivity contribution >= 4 is 33.1 Å². The molecule has 1 aliphatic rings. The SMILES string of the molecule is NC(=S)CCN(CCOc1cccc(Br)c1)C1CC1. The molecule has 0 amide bonds. The van der Waals surface area contributed by atoms with E-state index in [1.165, 1.54) is 12.8 Å². The van der Waals surface area contributed by atoms with Crippen molar-refractivity contribution < 1.29 is 4.74 Å². The predicted molar refractivity (Wildman–Crippen MR) is 85.6 cm³/mol. The largest absolute Gasteiger partial charge is 0.492 e. The van der Waals surface area contributed by atoms with Crippen molar-refractivity contribution in [2.75, 3.05) is 19.7 Å². The molecule has 0 aromatic heterocycles. The minimum Gasteiger partial charge on any atom is -0.492 e. The molecule has 1 aliphatic carbocycles. The third-order valence-electron chi connectivity index (χ3n) is 3.15. The molecule has 0 saturated heterocycles. The molecule has 1 saturated carbocycles. The van der Waals surface area contributed by atoms with Crippen molar-refractivity contribution in [3.63, 3.8) is 0 Å². The van der Waals surface area contributed by atoms with Gasteiger partial charge in [0, 0.05) is 30.0 Å². The quantitative estimate of drug-likeness (QED) is 0.737. The third kappa shape index (κ3) is 5.47. The maximum atomic E-state index is 5.77. The molecule has 0 bridgehead atoms. The fraction of sp³-hybridized carbons (Fsp3) is 0.500. The van der Waals surface area contributed by atoms with Crippen LogP contribution in [0.5, 0.6) is 5.75 Å². The van der Waals surface area contributed by atoms with Gasteiger partial charge in [0.2, 0.25) is 0 Å². The summed E-state index contributed by atoms with van der Waals surface area (Å²) in [5.74, 6) is 0.902. The standard InChI is InChI=1S/C14H19BrN2OS/c15-11-2-1-3-13(10-11)18-9-8-17(12-4-5-12)7-6-14(16)19/h1-3,10,12H,4-9H2,(H2,16,19). The molecule has 0 atom stereocenters. The number of thiocarbonyl (C=S) groups is 1. The minimum atomic E-state index is 0.596. The number of nitrogens with two attached hydrogens (primary N) is 1. The molecule has 0 heterocycles. The number of hydrogen-bond acceptors (Lipinski definition) is 3. The molecule has 5 heteroatoms. The fourth-order valence-corrected chi connectivity index (χ4v) is 2.48. The van der Waals surface area contributed by atoms with Crippen molar-refractivity contribution in [1.82, 2.24) is 4.90 Å². The first-order valence-electron chi connectivity index (χ1n) is 6.56. The van der Waals surface area contributed by atoms with Crippen LogP contribution in [0.1, 0.15) is 19.3 Å². The second-order valence-electron chi connectivity index (χ2n) is 4.79. The summed E-state index contributed by atoms with van der Waals surface area (Å²) in [5, 5.41) is 0. The average molecular weight is 343 g/mol. The van der Waals surface area contributed by atoms with Crippen LogP contribution in [-0.2, 0) is 0 Å². The molecule has 1 aromatic carbocycles. The van der Waals surface area contributed by atoms with Gasteiger partial charge in [0.25, 0.3) is 0 Å². The van der Waals surface area contributed by atoms with Gasteiger partial charge in [-0.05, 0) is 31.0 Å². The zero-order chi connectivity index (χ0) is 13.7. The maximum Gasteiger partial charge on any atom is 0.120 e. The van der Waals surface area contributed by atoms with E-state index in [9.17, 15) is 0 Å². The number of rotatable bonds is 8. The van der Waals surface area contributed by atoms with Gasteiger partial charge in [-0.25, -0.2) is 0 Å². The van der Waals surface area contributed by atoms with E-state index < -0.39 is 0 Å². The molecule has 1 fully saturated rings. The smallest absolute Gasteiger partial charge is 0.120 e. The van der Waals surface area contributed by atoms with Crippen molar-refractivity contribution in [2.45, 2.75) is 25.3 Å². The molecule has 0 aliphatic heterocycles. The first-order valence-corrected chi connectivity index (χ1v) is 7.76. The van der Waals surface area contributed by atoms with Gasteiger partial charge in [0.1, 0.15) is 12.4 Å². The average Bonchev–Trinajstić information content (AvgIpc) is 3.17. The van der Waals surface area contributed by atoms with Crippen LogP contribution in [-0.4, -0.2) is 35.6 Å². The Morgan fingerprint density at radius 3 is 2.84 bits per heavy atom. The summed E-state index contributed by atoms with van der Waals surface area (Å²) in [6.45, 7) is 2.58. The van der Waals surface area contributed by atoms with E-state index in [1.54, 1.807) is 0 Å². The monoisotopic (exact) mass is 342 g/mol. The predicted octanol–water partition coefficient (Wildman–Crippen LogP) is 2.97. The molecule has 0 radical (unpaired) electrons. The molecular weight excluding hydrogens is 324 g/mol. The zero-order valence-corrected chi connectivity index (χ0v) is 13.3. The Kier molecular flexibility index (Phi) is 5.60. The molecular formula is C14H19BrN2OS. The number of nitrogens with zero attached hydrogens (tertiary/aromatic N) is 1. The van der Waals surface area contributed by atoms with Crippen molar-refractivity contribution in [3.8, 4) is 5.75 Å². The van der Waals surface area contributed by atoms with Crippen LogP contribution >= 0.6 is 28.1 Å². The highest BCUT2D eigenvalue weighted by Gasteiger charge is 2.28. The highest BCUT2D eigenvalue weighted by molar-refractivity contribution is 9.10. The maximum absolute atomic E-state index is 5.77. The number of halogens is 1. The molecule has 0 spiro atoms. The van der Waals surface area contributed by atoms with Crippen LogP contribution in [0.3, 0.4) is 0 Å². The Hall–Kier alpha value is -0.650. The van der Waals surface area contributed by atoms with E-state index in [0.29, 0.717) is 17.6 Å². The molecule has 3 nitrogen and oxygen atoms in total. The Labute approximate surface area is 128 Å². The lowest BCUT2D eigenvalue weighted by Crippen LogP contribution is -2.33. The molecule has 2 rings (SSSR count). The van der Waals surface area contributed by atoms with Gasteiger partial charge in [-0.15, -0.1) is 0 Å². The van der Waals surface area contributed by atoms with Gasteiger partial charge in [0.15, 0.2) is 0 Å². The van der Waals surface area contributed by atoms with E-state index >= 15 is 0 Å². The highest BCUT2D eigenvalue weighted by Crippen LogP contribution is 2.26. The van der Waals surface area contributed by atoms with Crippen LogP contribution in [0.15, 0.2) is 28.7 Å². The van der Waals surface area contributed by atoms with Gasteiger partial charge in [-0.2, -0.15) is 0 Å². The van der Waals surface area contributed by atoms with Crippen molar-refractivity contribution in [1.29, 1.82) is 0 Å². The molecule has 19 heavy (non-hydrogen) atoms. The van der Waals surface area contributed by atoms with E-state index in [-0.39, 0.29) is 0 Å². The summed E-state index contributed by atoms with van der Waals surface area (Å²) in [5.41, 5.74) is 5.57. The van der Waals surface area contributed by atoms with Gasteiger partial charge >= 0.3 is 0 Å². The Bertz CT molecular complexity index is 437. The second-order valence-corrected chi connectivity index (χ2v) is 6.23. The summed E-state index contributed by atoms with van der Waals surface area (Å²) < 4.78 is 6.81. The van der Waals surface area contributed by atoms with Crippen LogP contribution < -0.4 is 10.5 Å². The van der Waals surface area contributed by atoms with Crippen LogP contribution in [0.2, 0.25) is 0 Å². The second kappa shape index (κ2) is 7.22. The van der Waals surface area contributed by atoms with Gasteiger partial charge in [-0.1, -0.05) is 34.2 Å². The number of benzene rings is 1. The van der Waals surface area contributed by atoms with Crippen LogP contribution in [0.4, 0.5) is 0 Å². The lowest BCUT2D eigenvalue weighted by Gasteiger charge is -2.21. The molecule has 1 aromatic rings. The molecule has 104 valence electrons. The number of ether oxygens (including phenoxy) is 1. The van der Waals surface area contributed by atoms with Gasteiger partial charge in [-0.3, -0.25) is 4.90 Å². The lowest BCUT2D eigenvalue weighted by atomic mass is 10.3. The van der Waals surface area contributed by atoms with Gasteiger partial charge < -0.3 is 10.5 Å². The fourth-order valence-electron chi connectivity index (χ4n) is 2.01. The molecule has 0 unspecified atom stereocenters. The summed E-state index contributed by atoms with van der Waals surface area (Å²) in [7, 11) is 0. The molecule has 2 N–H and O–H groups in total. The zero-order valence-electron chi connectivity index (χ0n) is 10.8. The van der Waals surface area contributed by atoms with E-state index in [1.807, 2.05) is 24.3 Å². The summed E-state index contributed by atoms with van der Waals surface area (Å²) in [6, 6.07) is 8.63. The normalized spacial score (nSPS) is 14.6. The Balaban J connectivity index is 1.74. The first-order chi connectivity index (χ1) is 9.15. The summed E-state index contributed by atoms with van der Waals surface area (Å²) in [6.07, 6.45) is 3.37. The van der Waals surface area contributed by atoms with Gasteiger partial charge in [0.05, 0.1) is 4.99 Å². The highest BCUT2D eigenvalue weighted by atomic mass is 79.9. The van der Waals surface area contributed by atoms with Crippen LogP contribution in [0.25, 0.3) is 0 Å².